The molecule has 4 heteroatoms. The van der Waals surface area contributed by atoms with Gasteiger partial charge in [0.1, 0.15) is 5.75 Å². The molecule has 0 spiro atoms. The molecule has 0 heterocycles. The van der Waals surface area contributed by atoms with Crippen LogP contribution in [0.4, 0.5) is 13.2 Å². The molecular weight excluding hydrogens is 205 g/mol. The van der Waals surface area contributed by atoms with E-state index in [-0.39, 0.29) is 5.75 Å². The molecule has 0 unspecified atom stereocenters. The molecule has 0 N–H and O–H groups in total. The number of halogens is 3. The summed E-state index contributed by atoms with van der Waals surface area (Å²) in [5.74, 6) is 1.03. The first-order chi connectivity index (χ1) is 6.87. The fraction of sp³-hybridized carbons (Fsp3) is 0.364. The molecule has 1 radical (unpaired) electrons. The van der Waals surface area contributed by atoms with Crippen LogP contribution in [0.25, 0.3) is 0 Å². The lowest BCUT2D eigenvalue weighted by Gasteiger charge is -2.09. The van der Waals surface area contributed by atoms with E-state index in [4.69, 9.17) is 0 Å². The zero-order chi connectivity index (χ0) is 11.5. The third-order valence-electron chi connectivity index (χ3n) is 1.71. The Morgan fingerprint density at radius 2 is 1.67 bits per heavy atom. The van der Waals surface area contributed by atoms with Crippen molar-refractivity contribution in [2.75, 3.05) is 0 Å². The van der Waals surface area contributed by atoms with Gasteiger partial charge < -0.3 is 4.74 Å². The van der Waals surface area contributed by atoms with E-state index >= 15 is 0 Å². The highest BCUT2D eigenvalue weighted by atomic mass is 19.4. The molecule has 1 rings (SSSR count). The van der Waals surface area contributed by atoms with Gasteiger partial charge in [-0.1, -0.05) is 26.0 Å². The van der Waals surface area contributed by atoms with Gasteiger partial charge in [0.15, 0.2) is 0 Å². The molecule has 0 aliphatic rings. The molecule has 1 aromatic rings. The standard InChI is InChI=1S/C11H12F3O/c1-8(2)7-9-3-5-10(6-4-9)15-11(12,13)14/h3-6H,7H2,1-2H3. The summed E-state index contributed by atoms with van der Waals surface area (Å²) in [6.07, 6.45) is -3.85. The number of ether oxygens (including phenoxy) is 1. The molecule has 0 aliphatic carbocycles. The van der Waals surface area contributed by atoms with Crippen molar-refractivity contribution in [3.63, 3.8) is 0 Å². The van der Waals surface area contributed by atoms with Crippen LogP contribution in [0.15, 0.2) is 24.3 Å². The van der Waals surface area contributed by atoms with Gasteiger partial charge in [0, 0.05) is 0 Å². The van der Waals surface area contributed by atoms with Crippen molar-refractivity contribution in [1.29, 1.82) is 0 Å². The number of benzene rings is 1. The second kappa shape index (κ2) is 4.55. The summed E-state index contributed by atoms with van der Waals surface area (Å²) in [6.45, 7) is 3.94. The second-order valence-corrected chi connectivity index (χ2v) is 3.58. The molecule has 0 saturated heterocycles. The van der Waals surface area contributed by atoms with Crippen LogP contribution >= 0.6 is 0 Å². The molecule has 0 bridgehead atoms. The predicted molar refractivity (Wildman–Crippen MR) is 51.4 cm³/mol. The molecular formula is C11H12F3O. The third-order valence-corrected chi connectivity index (χ3v) is 1.71. The Morgan fingerprint density at radius 1 is 1.13 bits per heavy atom. The van der Waals surface area contributed by atoms with E-state index in [0.29, 0.717) is 0 Å². The summed E-state index contributed by atoms with van der Waals surface area (Å²) in [4.78, 5) is 0. The Kier molecular flexibility index (Phi) is 3.61. The molecule has 0 aliphatic heterocycles. The van der Waals surface area contributed by atoms with Gasteiger partial charge in [-0.25, -0.2) is 0 Å². The van der Waals surface area contributed by atoms with E-state index in [1.807, 2.05) is 13.8 Å². The Morgan fingerprint density at radius 3 is 2.07 bits per heavy atom. The van der Waals surface area contributed by atoms with Gasteiger partial charge in [-0.3, -0.25) is 0 Å². The van der Waals surface area contributed by atoms with Gasteiger partial charge in [-0.15, -0.1) is 13.2 Å². The summed E-state index contributed by atoms with van der Waals surface area (Å²) < 4.78 is 39.2. The minimum absolute atomic E-state index is 0.181. The number of rotatable bonds is 3. The maximum atomic E-state index is 11.8. The van der Waals surface area contributed by atoms with Crippen LogP contribution in [0.3, 0.4) is 0 Å². The predicted octanol–water partition coefficient (Wildman–Crippen LogP) is 3.74. The summed E-state index contributed by atoms with van der Waals surface area (Å²) in [5.41, 5.74) is 0.976. The minimum Gasteiger partial charge on any atom is -0.406 e. The number of alkyl halides is 3. The van der Waals surface area contributed by atoms with E-state index in [9.17, 15) is 13.2 Å². The van der Waals surface area contributed by atoms with Crippen molar-refractivity contribution in [3.05, 3.63) is 35.7 Å². The lowest BCUT2D eigenvalue weighted by Crippen LogP contribution is -2.17. The van der Waals surface area contributed by atoms with E-state index < -0.39 is 6.36 Å². The van der Waals surface area contributed by atoms with Gasteiger partial charge >= 0.3 is 6.36 Å². The van der Waals surface area contributed by atoms with E-state index in [1.54, 1.807) is 12.1 Å². The van der Waals surface area contributed by atoms with Crippen LogP contribution in [0.2, 0.25) is 0 Å². The zero-order valence-corrected chi connectivity index (χ0v) is 8.56. The second-order valence-electron chi connectivity index (χ2n) is 3.58. The first-order valence-corrected chi connectivity index (χ1v) is 4.50. The van der Waals surface area contributed by atoms with Crippen molar-refractivity contribution < 1.29 is 17.9 Å². The minimum atomic E-state index is -4.62. The van der Waals surface area contributed by atoms with Gasteiger partial charge in [-0.05, 0) is 30.0 Å². The molecule has 0 aromatic heterocycles. The van der Waals surface area contributed by atoms with Crippen LogP contribution < -0.4 is 4.74 Å². The first kappa shape index (κ1) is 11.9. The number of hydrogen-bond acceptors (Lipinski definition) is 1. The van der Waals surface area contributed by atoms with Crippen molar-refractivity contribution in [1.82, 2.24) is 0 Å². The van der Waals surface area contributed by atoms with Gasteiger partial charge in [0.25, 0.3) is 0 Å². The van der Waals surface area contributed by atoms with Crippen molar-refractivity contribution in [3.8, 4) is 5.75 Å². The highest BCUT2D eigenvalue weighted by Gasteiger charge is 2.30. The summed E-state index contributed by atoms with van der Waals surface area (Å²) >= 11 is 0. The third kappa shape index (κ3) is 4.72. The van der Waals surface area contributed by atoms with Crippen LogP contribution in [0.1, 0.15) is 19.4 Å². The maximum Gasteiger partial charge on any atom is 0.573 e. The van der Waals surface area contributed by atoms with Gasteiger partial charge in [0.2, 0.25) is 0 Å². The summed E-state index contributed by atoms with van der Waals surface area (Å²) in [7, 11) is 0. The quantitative estimate of drug-likeness (QED) is 0.749. The monoisotopic (exact) mass is 217 g/mol. The Balaban J connectivity index is 2.64. The molecule has 83 valence electrons. The van der Waals surface area contributed by atoms with Gasteiger partial charge in [0.05, 0.1) is 0 Å². The highest BCUT2D eigenvalue weighted by Crippen LogP contribution is 2.23. The molecule has 0 atom stereocenters. The fourth-order valence-corrected chi connectivity index (χ4v) is 1.22. The van der Waals surface area contributed by atoms with E-state index in [1.165, 1.54) is 18.1 Å². The molecule has 0 amide bonds. The van der Waals surface area contributed by atoms with E-state index in [0.717, 1.165) is 12.0 Å². The molecule has 15 heavy (non-hydrogen) atoms. The molecule has 1 aromatic carbocycles. The first-order valence-electron chi connectivity index (χ1n) is 4.50. The normalized spacial score (nSPS) is 11.9. The fourth-order valence-electron chi connectivity index (χ4n) is 1.22. The van der Waals surface area contributed by atoms with Gasteiger partial charge in [-0.2, -0.15) is 0 Å². The zero-order valence-electron chi connectivity index (χ0n) is 8.56. The summed E-state index contributed by atoms with van der Waals surface area (Å²) in [5, 5.41) is 0. The smallest absolute Gasteiger partial charge is 0.406 e. The molecule has 0 saturated carbocycles. The largest absolute Gasteiger partial charge is 0.573 e. The number of hydrogen-bond donors (Lipinski definition) is 0. The average Bonchev–Trinajstić information content (AvgIpc) is 2.05. The SMILES string of the molecule is C[C](C)Cc1ccc(OC(F)(F)F)cc1. The average molecular weight is 217 g/mol. The maximum absolute atomic E-state index is 11.8. The van der Waals surface area contributed by atoms with E-state index in [2.05, 4.69) is 4.74 Å². The highest BCUT2D eigenvalue weighted by molar-refractivity contribution is 5.28. The van der Waals surface area contributed by atoms with Crippen molar-refractivity contribution in [2.45, 2.75) is 26.6 Å². The van der Waals surface area contributed by atoms with Crippen molar-refractivity contribution in [2.24, 2.45) is 0 Å². The lowest BCUT2D eigenvalue weighted by molar-refractivity contribution is -0.274. The lowest BCUT2D eigenvalue weighted by atomic mass is 10.0. The molecule has 0 fully saturated rings. The molecule has 1 nitrogen and oxygen atoms in total. The summed E-state index contributed by atoms with van der Waals surface area (Å²) in [6, 6.07) is 5.92. The van der Waals surface area contributed by atoms with Crippen molar-refractivity contribution >= 4 is 0 Å². The van der Waals surface area contributed by atoms with Crippen LogP contribution in [-0.4, -0.2) is 6.36 Å². The Hall–Kier alpha value is -1.19. The van der Waals surface area contributed by atoms with Crippen LogP contribution in [-0.2, 0) is 6.42 Å². The van der Waals surface area contributed by atoms with Crippen LogP contribution in [0.5, 0.6) is 5.75 Å². The Labute approximate surface area is 86.9 Å². The van der Waals surface area contributed by atoms with Crippen LogP contribution in [0, 0.1) is 5.92 Å². The Bertz CT molecular complexity index is 301. The topological polar surface area (TPSA) is 9.23 Å².